The average molecular weight is 307 g/mol. The molecule has 0 aliphatic carbocycles. The Kier molecular flexibility index (Phi) is 4.58. The van der Waals surface area contributed by atoms with Gasteiger partial charge in [0.2, 0.25) is 0 Å². The number of azide groups is 1. The van der Waals surface area contributed by atoms with Crippen LogP contribution < -0.4 is 0 Å². The van der Waals surface area contributed by atoms with Gasteiger partial charge in [0.1, 0.15) is 18.3 Å². The second-order valence-corrected chi connectivity index (χ2v) is 5.14. The second-order valence-electron chi connectivity index (χ2n) is 5.14. The van der Waals surface area contributed by atoms with E-state index in [1.54, 1.807) is 0 Å². The monoisotopic (exact) mass is 307 g/mol. The maximum atomic E-state index is 10.2. The maximum Gasteiger partial charge on any atom is 0.184 e. The Hall–Kier alpha value is -1.67. The minimum absolute atomic E-state index is 0.258. The van der Waals surface area contributed by atoms with E-state index >= 15 is 0 Å². The highest BCUT2D eigenvalue weighted by Crippen LogP contribution is 2.35. The lowest BCUT2D eigenvalue weighted by Crippen LogP contribution is -2.61. The number of nitrogens with zero attached hydrogens (tertiary/aromatic N) is 3. The van der Waals surface area contributed by atoms with E-state index in [0.717, 1.165) is 5.56 Å². The zero-order chi connectivity index (χ0) is 15.5. The van der Waals surface area contributed by atoms with E-state index in [1.807, 2.05) is 30.3 Å². The van der Waals surface area contributed by atoms with Gasteiger partial charge in [-0.25, -0.2) is 0 Å². The number of rotatable bonds is 3. The first-order valence-corrected chi connectivity index (χ1v) is 6.97. The topological polar surface area (TPSA) is 106 Å². The first-order chi connectivity index (χ1) is 10.7. The van der Waals surface area contributed by atoms with E-state index in [9.17, 15) is 5.11 Å². The summed E-state index contributed by atoms with van der Waals surface area (Å²) in [5.74, 6) is 0. The van der Waals surface area contributed by atoms with Gasteiger partial charge in [0.05, 0.1) is 12.6 Å². The van der Waals surface area contributed by atoms with Crippen LogP contribution in [0.4, 0.5) is 0 Å². The number of methoxy groups -OCH3 is 1. The second kappa shape index (κ2) is 6.62. The Bertz CT molecular complexity index is 551. The molecule has 0 aromatic heterocycles. The lowest BCUT2D eigenvalue weighted by molar-refractivity contribution is -0.337. The molecule has 8 heteroatoms. The molecule has 2 saturated heterocycles. The van der Waals surface area contributed by atoms with Crippen LogP contribution in [0.15, 0.2) is 35.4 Å². The molecule has 0 radical (unpaired) electrons. The molecule has 3 rings (SSSR count). The van der Waals surface area contributed by atoms with Crippen molar-refractivity contribution in [3.05, 3.63) is 46.3 Å². The van der Waals surface area contributed by atoms with E-state index < -0.39 is 36.9 Å². The molecule has 1 aromatic carbocycles. The Labute approximate surface area is 127 Å². The molecule has 2 aliphatic heterocycles. The first-order valence-electron chi connectivity index (χ1n) is 6.97. The van der Waals surface area contributed by atoms with Crippen LogP contribution in [-0.4, -0.2) is 49.5 Å². The molecular formula is C14H17N3O5. The van der Waals surface area contributed by atoms with Crippen LogP contribution in [0.2, 0.25) is 0 Å². The smallest absolute Gasteiger partial charge is 0.184 e. The molecule has 0 unspecified atom stereocenters. The van der Waals surface area contributed by atoms with Gasteiger partial charge in [-0.05, 0) is 5.53 Å². The number of aliphatic hydroxyl groups is 1. The summed E-state index contributed by atoms with van der Waals surface area (Å²) in [6, 6.07) is 8.62. The van der Waals surface area contributed by atoms with Crippen molar-refractivity contribution in [1.82, 2.24) is 0 Å². The van der Waals surface area contributed by atoms with Crippen molar-refractivity contribution in [2.75, 3.05) is 13.7 Å². The van der Waals surface area contributed by atoms with Crippen molar-refractivity contribution in [2.24, 2.45) is 5.11 Å². The van der Waals surface area contributed by atoms with Crippen LogP contribution in [0.1, 0.15) is 11.9 Å². The number of hydrogen-bond donors (Lipinski definition) is 1. The fraction of sp³-hybridized carbons (Fsp3) is 0.571. The van der Waals surface area contributed by atoms with E-state index in [1.165, 1.54) is 7.11 Å². The van der Waals surface area contributed by atoms with Crippen LogP contribution in [-0.2, 0) is 18.9 Å². The Morgan fingerprint density at radius 1 is 1.32 bits per heavy atom. The summed E-state index contributed by atoms with van der Waals surface area (Å²) in [6.45, 7) is 0.258. The van der Waals surface area contributed by atoms with Crippen LogP contribution in [0.5, 0.6) is 0 Å². The molecule has 0 saturated carbocycles. The molecule has 22 heavy (non-hydrogen) atoms. The van der Waals surface area contributed by atoms with Crippen LogP contribution in [0.25, 0.3) is 10.4 Å². The highest BCUT2D eigenvalue weighted by atomic mass is 16.7. The fourth-order valence-electron chi connectivity index (χ4n) is 2.75. The highest BCUT2D eigenvalue weighted by Gasteiger charge is 2.49. The summed E-state index contributed by atoms with van der Waals surface area (Å²) in [5.41, 5.74) is 9.60. The van der Waals surface area contributed by atoms with E-state index in [-0.39, 0.29) is 6.61 Å². The van der Waals surface area contributed by atoms with Crippen LogP contribution >= 0.6 is 0 Å². The number of hydrogen-bond acceptors (Lipinski definition) is 6. The van der Waals surface area contributed by atoms with Gasteiger partial charge in [0.25, 0.3) is 0 Å². The van der Waals surface area contributed by atoms with Crippen molar-refractivity contribution < 1.29 is 24.1 Å². The molecule has 0 bridgehead atoms. The molecule has 8 nitrogen and oxygen atoms in total. The normalized spacial score (nSPS) is 37.9. The number of aliphatic hydroxyl groups excluding tert-OH is 1. The highest BCUT2D eigenvalue weighted by molar-refractivity contribution is 5.16. The van der Waals surface area contributed by atoms with Gasteiger partial charge in [0, 0.05) is 17.6 Å². The molecule has 2 heterocycles. The number of fused-ring (bicyclic) bond motifs is 1. The quantitative estimate of drug-likeness (QED) is 0.517. The van der Waals surface area contributed by atoms with Gasteiger partial charge in [-0.3, -0.25) is 0 Å². The molecule has 118 valence electrons. The Morgan fingerprint density at radius 2 is 2.09 bits per heavy atom. The minimum atomic E-state index is -1.10. The maximum absolute atomic E-state index is 10.2. The predicted octanol–water partition coefficient (Wildman–Crippen LogP) is 1.51. The lowest BCUT2D eigenvalue weighted by Gasteiger charge is -2.46. The van der Waals surface area contributed by atoms with Gasteiger partial charge < -0.3 is 24.1 Å². The molecule has 2 aliphatic rings. The summed E-state index contributed by atoms with van der Waals surface area (Å²) >= 11 is 0. The van der Waals surface area contributed by atoms with Crippen molar-refractivity contribution in [3.63, 3.8) is 0 Å². The van der Waals surface area contributed by atoms with E-state index in [4.69, 9.17) is 24.5 Å². The third-order valence-electron chi connectivity index (χ3n) is 3.82. The van der Waals surface area contributed by atoms with Crippen molar-refractivity contribution in [1.29, 1.82) is 0 Å². The zero-order valence-electron chi connectivity index (χ0n) is 12.0. The third kappa shape index (κ3) is 2.80. The zero-order valence-corrected chi connectivity index (χ0v) is 12.0. The third-order valence-corrected chi connectivity index (χ3v) is 3.82. The van der Waals surface area contributed by atoms with Crippen LogP contribution in [0.3, 0.4) is 0 Å². The van der Waals surface area contributed by atoms with Crippen LogP contribution in [0, 0.1) is 0 Å². The molecule has 0 amide bonds. The SMILES string of the molecule is CO[C@H]1O[C@@H]2CO[C@@H](c3ccccc3)O[C@H]2[C@@H](N=[N+]=[N-])[C@H]1O. The fourth-order valence-corrected chi connectivity index (χ4v) is 2.75. The molecule has 1 aromatic rings. The van der Waals surface area contributed by atoms with Crippen molar-refractivity contribution >= 4 is 0 Å². The Balaban J connectivity index is 1.82. The molecule has 0 spiro atoms. The first kappa shape index (κ1) is 15.2. The van der Waals surface area contributed by atoms with Gasteiger partial charge >= 0.3 is 0 Å². The number of ether oxygens (including phenoxy) is 4. The van der Waals surface area contributed by atoms with Gasteiger partial charge in [-0.2, -0.15) is 0 Å². The van der Waals surface area contributed by atoms with Gasteiger partial charge in [-0.1, -0.05) is 35.4 Å². The Morgan fingerprint density at radius 3 is 2.77 bits per heavy atom. The molecule has 2 fully saturated rings. The standard InChI is InChI=1S/C14H17N3O5/c1-19-14-11(18)10(16-17-15)12-9(21-14)7-20-13(22-12)8-5-3-2-4-6-8/h2-6,9-14,18H,7H2,1H3/t9-,10+,11-,12-,13-,14+/m1/s1. The average Bonchev–Trinajstić information content (AvgIpc) is 2.57. The largest absolute Gasteiger partial charge is 0.387 e. The molecule has 6 atom stereocenters. The predicted molar refractivity (Wildman–Crippen MR) is 74.6 cm³/mol. The summed E-state index contributed by atoms with van der Waals surface area (Å²) in [6.07, 6.45) is -3.64. The van der Waals surface area contributed by atoms with E-state index in [2.05, 4.69) is 10.0 Å². The lowest BCUT2D eigenvalue weighted by atomic mass is 9.96. The van der Waals surface area contributed by atoms with Gasteiger partial charge in [-0.15, -0.1) is 0 Å². The summed E-state index contributed by atoms with van der Waals surface area (Å²) in [4.78, 5) is 2.80. The van der Waals surface area contributed by atoms with E-state index in [0.29, 0.717) is 0 Å². The number of benzene rings is 1. The molecule has 1 N–H and O–H groups in total. The molecular weight excluding hydrogens is 290 g/mol. The minimum Gasteiger partial charge on any atom is -0.387 e. The van der Waals surface area contributed by atoms with Crippen molar-refractivity contribution in [2.45, 2.75) is 36.9 Å². The summed E-state index contributed by atoms with van der Waals surface area (Å²) in [7, 11) is 1.42. The summed E-state index contributed by atoms with van der Waals surface area (Å²) in [5, 5.41) is 13.9. The van der Waals surface area contributed by atoms with Gasteiger partial charge in [0.15, 0.2) is 12.6 Å². The summed E-state index contributed by atoms with van der Waals surface area (Å²) < 4.78 is 22.2. The van der Waals surface area contributed by atoms with Crippen molar-refractivity contribution in [3.8, 4) is 0 Å².